The van der Waals surface area contributed by atoms with E-state index in [0.717, 1.165) is 45.0 Å². The summed E-state index contributed by atoms with van der Waals surface area (Å²) in [7, 11) is 0. The molecule has 0 aromatic heterocycles. The van der Waals surface area contributed by atoms with Crippen molar-refractivity contribution in [1.82, 2.24) is 10.2 Å². The number of para-hydroxylation sites is 2. The van der Waals surface area contributed by atoms with Gasteiger partial charge in [-0.2, -0.15) is 0 Å². The number of ether oxygens (including phenoxy) is 1. The van der Waals surface area contributed by atoms with Crippen molar-refractivity contribution in [3.05, 3.63) is 60.2 Å². The van der Waals surface area contributed by atoms with E-state index in [-0.39, 0.29) is 24.1 Å². The van der Waals surface area contributed by atoms with Crippen LogP contribution < -0.4 is 15.5 Å². The number of amides is 3. The van der Waals surface area contributed by atoms with E-state index in [1.807, 2.05) is 30.3 Å². The lowest BCUT2D eigenvalue weighted by atomic mass is 10.1. The highest BCUT2D eigenvalue weighted by Crippen LogP contribution is 2.26. The lowest BCUT2D eigenvalue weighted by Crippen LogP contribution is -2.38. The van der Waals surface area contributed by atoms with Crippen LogP contribution in [0.3, 0.4) is 0 Å². The average molecular weight is 451 g/mol. The summed E-state index contributed by atoms with van der Waals surface area (Å²) >= 11 is 0. The predicted molar refractivity (Wildman–Crippen MR) is 126 cm³/mol. The topological polar surface area (TPSA) is 91.0 Å². The zero-order chi connectivity index (χ0) is 23.0. The van der Waals surface area contributed by atoms with Crippen LogP contribution in [-0.4, -0.2) is 68.6 Å². The number of nitrogens with zero attached hydrogens (tertiary/aromatic N) is 2. The molecule has 1 atom stereocenters. The molecular weight excluding hydrogens is 420 g/mol. The molecular formula is C25H30N4O4. The summed E-state index contributed by atoms with van der Waals surface area (Å²) < 4.78 is 5.35. The molecule has 8 nitrogen and oxygen atoms in total. The highest BCUT2D eigenvalue weighted by atomic mass is 16.5. The molecule has 2 aromatic carbocycles. The molecule has 0 unspecified atom stereocenters. The van der Waals surface area contributed by atoms with Gasteiger partial charge in [-0.25, -0.2) is 0 Å². The molecule has 174 valence electrons. The van der Waals surface area contributed by atoms with Crippen molar-refractivity contribution >= 4 is 29.1 Å². The number of benzene rings is 2. The van der Waals surface area contributed by atoms with Crippen molar-refractivity contribution in [3.8, 4) is 0 Å². The molecule has 2 N–H and O–H groups in total. The van der Waals surface area contributed by atoms with Crippen LogP contribution in [0, 0.1) is 5.92 Å². The van der Waals surface area contributed by atoms with Gasteiger partial charge >= 0.3 is 0 Å². The van der Waals surface area contributed by atoms with Gasteiger partial charge < -0.3 is 20.3 Å². The summed E-state index contributed by atoms with van der Waals surface area (Å²) in [5.74, 6) is -1.02. The minimum absolute atomic E-state index is 0.0763. The normalized spacial score (nSPS) is 18.8. The molecule has 0 aliphatic carbocycles. The van der Waals surface area contributed by atoms with Gasteiger partial charge in [0.2, 0.25) is 11.8 Å². The highest BCUT2D eigenvalue weighted by Gasteiger charge is 2.35. The minimum atomic E-state index is -0.470. The van der Waals surface area contributed by atoms with Crippen LogP contribution >= 0.6 is 0 Å². The van der Waals surface area contributed by atoms with E-state index in [4.69, 9.17) is 4.74 Å². The Balaban J connectivity index is 1.31. The average Bonchev–Trinajstić information content (AvgIpc) is 3.25. The number of anilines is 2. The second-order valence-corrected chi connectivity index (χ2v) is 8.34. The van der Waals surface area contributed by atoms with Crippen LogP contribution in [0.4, 0.5) is 11.4 Å². The van der Waals surface area contributed by atoms with E-state index in [0.29, 0.717) is 24.3 Å². The summed E-state index contributed by atoms with van der Waals surface area (Å²) in [5, 5.41) is 5.81. The number of carbonyl (C=O) groups is 3. The molecule has 0 radical (unpaired) electrons. The maximum atomic E-state index is 12.9. The monoisotopic (exact) mass is 450 g/mol. The number of nitrogens with one attached hydrogen (secondary N) is 2. The number of morpholine rings is 1. The maximum Gasteiger partial charge on any atom is 0.253 e. The minimum Gasteiger partial charge on any atom is -0.379 e. The largest absolute Gasteiger partial charge is 0.379 e. The molecule has 2 aliphatic heterocycles. The Bertz CT molecular complexity index is 975. The lowest BCUT2D eigenvalue weighted by Gasteiger charge is -2.26. The van der Waals surface area contributed by atoms with Gasteiger partial charge in [0.25, 0.3) is 5.91 Å². The van der Waals surface area contributed by atoms with Crippen LogP contribution in [0.2, 0.25) is 0 Å². The van der Waals surface area contributed by atoms with Crippen LogP contribution in [0.1, 0.15) is 23.2 Å². The van der Waals surface area contributed by atoms with Crippen molar-refractivity contribution in [2.45, 2.75) is 12.8 Å². The van der Waals surface area contributed by atoms with E-state index < -0.39 is 5.92 Å². The molecule has 3 amide bonds. The fourth-order valence-electron chi connectivity index (χ4n) is 4.19. The number of hydrogen-bond acceptors (Lipinski definition) is 5. The summed E-state index contributed by atoms with van der Waals surface area (Å²) in [6, 6.07) is 16.3. The Labute approximate surface area is 193 Å². The van der Waals surface area contributed by atoms with Crippen molar-refractivity contribution in [2.75, 3.05) is 56.2 Å². The zero-order valence-electron chi connectivity index (χ0n) is 18.7. The molecule has 0 saturated carbocycles. The molecule has 0 bridgehead atoms. The maximum absolute atomic E-state index is 12.9. The molecule has 0 spiro atoms. The van der Waals surface area contributed by atoms with Crippen molar-refractivity contribution < 1.29 is 19.1 Å². The van der Waals surface area contributed by atoms with Gasteiger partial charge in [-0.15, -0.1) is 0 Å². The van der Waals surface area contributed by atoms with Gasteiger partial charge in [-0.05, 0) is 37.2 Å². The smallest absolute Gasteiger partial charge is 0.253 e. The number of hydrogen-bond donors (Lipinski definition) is 2. The van der Waals surface area contributed by atoms with Crippen molar-refractivity contribution in [2.24, 2.45) is 5.92 Å². The Morgan fingerprint density at radius 1 is 1.00 bits per heavy atom. The van der Waals surface area contributed by atoms with Crippen molar-refractivity contribution in [3.63, 3.8) is 0 Å². The van der Waals surface area contributed by atoms with Gasteiger partial charge in [0.15, 0.2) is 0 Å². The number of rotatable bonds is 8. The first-order valence-electron chi connectivity index (χ1n) is 11.5. The molecule has 2 fully saturated rings. The Hall–Kier alpha value is -3.23. The standard InChI is InChI=1S/C25H30N4O4/c30-23-17-19(18-29(23)20-7-2-1-3-8-20)24(31)27-22-10-5-4-9-21(22)25(32)26-11-6-12-28-13-15-33-16-14-28/h1-5,7-10,19H,6,11-18H2,(H,26,32)(H,27,31)/t19-/m1/s1. The van der Waals surface area contributed by atoms with Gasteiger partial charge in [-0.3, -0.25) is 19.3 Å². The Kier molecular flexibility index (Phi) is 7.70. The van der Waals surface area contributed by atoms with E-state index in [1.54, 1.807) is 29.2 Å². The van der Waals surface area contributed by atoms with Gasteiger partial charge in [0.05, 0.1) is 30.4 Å². The summed E-state index contributed by atoms with van der Waals surface area (Å²) in [4.78, 5) is 42.1. The van der Waals surface area contributed by atoms with Crippen molar-refractivity contribution in [1.29, 1.82) is 0 Å². The quantitative estimate of drug-likeness (QED) is 0.602. The van der Waals surface area contributed by atoms with E-state index in [2.05, 4.69) is 15.5 Å². The zero-order valence-corrected chi connectivity index (χ0v) is 18.7. The third kappa shape index (κ3) is 5.97. The van der Waals surface area contributed by atoms with Crippen LogP contribution in [0.15, 0.2) is 54.6 Å². The highest BCUT2D eigenvalue weighted by molar-refractivity contribution is 6.07. The lowest BCUT2D eigenvalue weighted by molar-refractivity contribution is -0.122. The fourth-order valence-corrected chi connectivity index (χ4v) is 4.19. The van der Waals surface area contributed by atoms with E-state index in [9.17, 15) is 14.4 Å². The molecule has 2 aliphatic rings. The fraction of sp³-hybridized carbons (Fsp3) is 0.400. The number of carbonyl (C=O) groups excluding carboxylic acids is 3. The SMILES string of the molecule is O=C(NCCCN1CCOCC1)c1ccccc1NC(=O)[C@@H]1CC(=O)N(c2ccccc2)C1. The predicted octanol–water partition coefficient (Wildman–Crippen LogP) is 2.13. The molecule has 33 heavy (non-hydrogen) atoms. The third-order valence-corrected chi connectivity index (χ3v) is 6.03. The molecule has 4 rings (SSSR count). The van der Waals surface area contributed by atoms with E-state index in [1.165, 1.54) is 0 Å². The van der Waals surface area contributed by atoms with Gasteiger partial charge in [0, 0.05) is 38.3 Å². The van der Waals surface area contributed by atoms with Gasteiger partial charge in [-0.1, -0.05) is 30.3 Å². The second-order valence-electron chi connectivity index (χ2n) is 8.34. The third-order valence-electron chi connectivity index (χ3n) is 6.03. The van der Waals surface area contributed by atoms with Gasteiger partial charge in [0.1, 0.15) is 0 Å². The van der Waals surface area contributed by atoms with Crippen LogP contribution in [0.5, 0.6) is 0 Å². The first-order valence-corrected chi connectivity index (χ1v) is 11.5. The molecule has 2 heterocycles. The second kappa shape index (κ2) is 11.1. The Morgan fingerprint density at radius 3 is 2.52 bits per heavy atom. The van der Waals surface area contributed by atoms with Crippen LogP contribution in [0.25, 0.3) is 0 Å². The summed E-state index contributed by atoms with van der Waals surface area (Å²) in [6.45, 7) is 5.16. The Morgan fingerprint density at radius 2 is 1.73 bits per heavy atom. The molecule has 2 saturated heterocycles. The first kappa shape index (κ1) is 22.9. The first-order chi connectivity index (χ1) is 16.1. The van der Waals surface area contributed by atoms with E-state index >= 15 is 0 Å². The molecule has 2 aromatic rings. The molecule has 8 heteroatoms. The summed E-state index contributed by atoms with van der Waals surface area (Å²) in [5.41, 5.74) is 1.66. The van der Waals surface area contributed by atoms with Crippen LogP contribution in [-0.2, 0) is 14.3 Å². The summed E-state index contributed by atoms with van der Waals surface area (Å²) in [6.07, 6.45) is 0.996.